The van der Waals surface area contributed by atoms with Gasteiger partial charge in [-0.3, -0.25) is 4.79 Å². The molecule has 0 N–H and O–H groups in total. The molecule has 0 aromatic carbocycles. The van der Waals surface area contributed by atoms with Crippen LogP contribution in [-0.4, -0.2) is 44.8 Å². The van der Waals surface area contributed by atoms with E-state index in [4.69, 9.17) is 4.74 Å². The van der Waals surface area contributed by atoms with Crippen molar-refractivity contribution < 1.29 is 9.53 Å². The summed E-state index contributed by atoms with van der Waals surface area (Å²) in [7, 11) is 0. The van der Waals surface area contributed by atoms with Crippen LogP contribution in [-0.2, 0) is 22.6 Å². The topological polar surface area (TPSA) is 60.2 Å². The van der Waals surface area contributed by atoms with Crippen LogP contribution in [0.5, 0.6) is 0 Å². The first kappa shape index (κ1) is 14.5. The maximum atomic E-state index is 12.3. The van der Waals surface area contributed by atoms with E-state index >= 15 is 0 Å². The fraction of sp³-hybridized carbons (Fsp3) is 0.800. The zero-order valence-corrected chi connectivity index (χ0v) is 12.9. The average molecular weight is 292 g/mol. The molecule has 2 aliphatic heterocycles. The first-order valence-corrected chi connectivity index (χ1v) is 7.96. The third-order valence-corrected chi connectivity index (χ3v) is 4.36. The van der Waals surface area contributed by atoms with Gasteiger partial charge in [0.1, 0.15) is 5.82 Å². The standard InChI is InChI=1S/C15H24N4O2/c1-11(2)15-17-16-13-10-18(7-8-19(13)15)14(20)6-5-12-4-3-9-21-12/h11-12H,3-10H2,1-2H3/t12-/m0/s1. The molecule has 1 aromatic rings. The summed E-state index contributed by atoms with van der Waals surface area (Å²) in [6, 6.07) is 0. The number of hydrogen-bond donors (Lipinski definition) is 0. The first-order valence-electron chi connectivity index (χ1n) is 7.96. The van der Waals surface area contributed by atoms with E-state index in [2.05, 4.69) is 28.6 Å². The third kappa shape index (κ3) is 3.10. The van der Waals surface area contributed by atoms with Gasteiger partial charge in [0.2, 0.25) is 5.91 Å². The van der Waals surface area contributed by atoms with Crippen molar-refractivity contribution in [2.24, 2.45) is 0 Å². The Morgan fingerprint density at radius 3 is 2.95 bits per heavy atom. The van der Waals surface area contributed by atoms with Crippen molar-refractivity contribution in [1.82, 2.24) is 19.7 Å². The Kier molecular flexibility index (Phi) is 4.24. The second kappa shape index (κ2) is 6.13. The van der Waals surface area contributed by atoms with E-state index < -0.39 is 0 Å². The normalized spacial score (nSPS) is 21.9. The second-order valence-corrected chi connectivity index (χ2v) is 6.27. The largest absolute Gasteiger partial charge is 0.378 e. The molecule has 2 aliphatic rings. The lowest BCUT2D eigenvalue weighted by atomic mass is 10.1. The quantitative estimate of drug-likeness (QED) is 0.847. The predicted molar refractivity (Wildman–Crippen MR) is 77.7 cm³/mol. The Morgan fingerprint density at radius 2 is 2.24 bits per heavy atom. The molecule has 0 spiro atoms. The second-order valence-electron chi connectivity index (χ2n) is 6.27. The summed E-state index contributed by atoms with van der Waals surface area (Å²) in [4.78, 5) is 14.2. The van der Waals surface area contributed by atoms with Gasteiger partial charge in [0.05, 0.1) is 12.6 Å². The molecule has 1 saturated heterocycles. The van der Waals surface area contributed by atoms with Crippen molar-refractivity contribution in [1.29, 1.82) is 0 Å². The first-order chi connectivity index (χ1) is 10.1. The van der Waals surface area contributed by atoms with Gasteiger partial charge in [0.25, 0.3) is 0 Å². The minimum absolute atomic E-state index is 0.214. The molecule has 0 bridgehead atoms. The van der Waals surface area contributed by atoms with Gasteiger partial charge in [0.15, 0.2) is 5.82 Å². The monoisotopic (exact) mass is 292 g/mol. The number of rotatable bonds is 4. The fourth-order valence-electron chi connectivity index (χ4n) is 3.13. The molecule has 0 aliphatic carbocycles. The SMILES string of the molecule is CC(C)c1nnc2n1CCN(C(=O)CC[C@@H]1CCCO1)C2. The third-order valence-electron chi connectivity index (χ3n) is 4.36. The van der Waals surface area contributed by atoms with Crippen molar-refractivity contribution in [3.8, 4) is 0 Å². The number of nitrogens with zero attached hydrogens (tertiary/aromatic N) is 4. The van der Waals surface area contributed by atoms with Gasteiger partial charge in [-0.2, -0.15) is 0 Å². The van der Waals surface area contributed by atoms with Crippen molar-refractivity contribution in [3.05, 3.63) is 11.6 Å². The van der Waals surface area contributed by atoms with Crippen LogP contribution in [0, 0.1) is 0 Å². The van der Waals surface area contributed by atoms with Crippen LogP contribution in [0.1, 0.15) is 57.1 Å². The number of carbonyl (C=O) groups excluding carboxylic acids is 1. The molecule has 0 unspecified atom stereocenters. The van der Waals surface area contributed by atoms with Gasteiger partial charge in [-0.25, -0.2) is 0 Å². The van der Waals surface area contributed by atoms with Crippen LogP contribution < -0.4 is 0 Å². The van der Waals surface area contributed by atoms with E-state index in [9.17, 15) is 4.79 Å². The molecule has 1 aromatic heterocycles. The van der Waals surface area contributed by atoms with Crippen molar-refractivity contribution >= 4 is 5.91 Å². The minimum atomic E-state index is 0.214. The van der Waals surface area contributed by atoms with Crippen LogP contribution in [0.15, 0.2) is 0 Å². The summed E-state index contributed by atoms with van der Waals surface area (Å²) < 4.78 is 7.74. The van der Waals surface area contributed by atoms with E-state index in [1.165, 1.54) is 0 Å². The van der Waals surface area contributed by atoms with Crippen molar-refractivity contribution in [3.63, 3.8) is 0 Å². The molecular weight excluding hydrogens is 268 g/mol. The van der Waals surface area contributed by atoms with E-state index in [1.807, 2.05) is 4.90 Å². The van der Waals surface area contributed by atoms with Gasteiger partial charge in [-0.15, -0.1) is 10.2 Å². The molecular formula is C15H24N4O2. The number of amides is 1. The van der Waals surface area contributed by atoms with Crippen LogP contribution in [0.3, 0.4) is 0 Å². The smallest absolute Gasteiger partial charge is 0.223 e. The zero-order valence-electron chi connectivity index (χ0n) is 12.9. The number of ether oxygens (including phenoxy) is 1. The molecule has 0 radical (unpaired) electrons. The summed E-state index contributed by atoms with van der Waals surface area (Å²) in [6.07, 6.45) is 3.94. The summed E-state index contributed by atoms with van der Waals surface area (Å²) in [5.74, 6) is 2.52. The Balaban J connectivity index is 1.56. The summed E-state index contributed by atoms with van der Waals surface area (Å²) in [6.45, 7) is 7.25. The predicted octanol–water partition coefficient (Wildman–Crippen LogP) is 1.70. The number of aromatic nitrogens is 3. The highest BCUT2D eigenvalue weighted by Crippen LogP contribution is 2.21. The Morgan fingerprint density at radius 1 is 1.38 bits per heavy atom. The summed E-state index contributed by atoms with van der Waals surface area (Å²) >= 11 is 0. The van der Waals surface area contributed by atoms with Crippen LogP contribution >= 0.6 is 0 Å². The average Bonchev–Trinajstić information content (AvgIpc) is 3.13. The molecule has 3 rings (SSSR count). The lowest BCUT2D eigenvalue weighted by molar-refractivity contribution is -0.133. The van der Waals surface area contributed by atoms with E-state index in [0.717, 1.165) is 50.6 Å². The van der Waals surface area contributed by atoms with Crippen LogP contribution in [0.2, 0.25) is 0 Å². The molecule has 116 valence electrons. The van der Waals surface area contributed by atoms with Gasteiger partial charge in [0, 0.05) is 32.0 Å². The van der Waals surface area contributed by atoms with Crippen LogP contribution in [0.4, 0.5) is 0 Å². The number of carbonyl (C=O) groups is 1. The minimum Gasteiger partial charge on any atom is -0.378 e. The van der Waals surface area contributed by atoms with Gasteiger partial charge < -0.3 is 14.2 Å². The molecule has 0 saturated carbocycles. The summed E-state index contributed by atoms with van der Waals surface area (Å²) in [5, 5.41) is 8.50. The maximum Gasteiger partial charge on any atom is 0.223 e. The summed E-state index contributed by atoms with van der Waals surface area (Å²) in [5.41, 5.74) is 0. The van der Waals surface area contributed by atoms with E-state index in [1.54, 1.807) is 0 Å². The maximum absolute atomic E-state index is 12.3. The number of hydrogen-bond acceptors (Lipinski definition) is 4. The zero-order chi connectivity index (χ0) is 14.8. The van der Waals surface area contributed by atoms with E-state index in [-0.39, 0.29) is 12.0 Å². The molecule has 6 heteroatoms. The van der Waals surface area contributed by atoms with Gasteiger partial charge in [-0.05, 0) is 19.3 Å². The van der Waals surface area contributed by atoms with E-state index in [0.29, 0.717) is 18.9 Å². The molecule has 6 nitrogen and oxygen atoms in total. The molecule has 3 heterocycles. The van der Waals surface area contributed by atoms with Crippen molar-refractivity contribution in [2.75, 3.05) is 13.2 Å². The van der Waals surface area contributed by atoms with Crippen LogP contribution in [0.25, 0.3) is 0 Å². The highest BCUT2D eigenvalue weighted by Gasteiger charge is 2.26. The highest BCUT2D eigenvalue weighted by molar-refractivity contribution is 5.76. The lowest BCUT2D eigenvalue weighted by Gasteiger charge is -2.28. The van der Waals surface area contributed by atoms with Gasteiger partial charge in [-0.1, -0.05) is 13.8 Å². The Labute approximate surface area is 125 Å². The molecule has 1 atom stereocenters. The highest BCUT2D eigenvalue weighted by atomic mass is 16.5. The fourth-order valence-corrected chi connectivity index (χ4v) is 3.13. The Hall–Kier alpha value is -1.43. The Bertz CT molecular complexity index is 506. The van der Waals surface area contributed by atoms with Gasteiger partial charge >= 0.3 is 0 Å². The number of fused-ring (bicyclic) bond motifs is 1. The molecule has 1 amide bonds. The lowest BCUT2D eigenvalue weighted by Crippen LogP contribution is -2.39. The molecule has 1 fully saturated rings. The van der Waals surface area contributed by atoms with Crippen molar-refractivity contribution in [2.45, 2.75) is 64.6 Å². The molecule has 21 heavy (non-hydrogen) atoms.